The van der Waals surface area contributed by atoms with Gasteiger partial charge < -0.3 is 9.64 Å². The van der Waals surface area contributed by atoms with Crippen LogP contribution in [-0.2, 0) is 26.3 Å². The van der Waals surface area contributed by atoms with Crippen molar-refractivity contribution in [3.05, 3.63) is 35.4 Å². The number of esters is 1. The molecule has 124 valence electrons. The molecule has 4 nitrogen and oxygen atoms in total. The highest BCUT2D eigenvalue weighted by molar-refractivity contribution is 5.81. The molecule has 0 unspecified atom stereocenters. The van der Waals surface area contributed by atoms with E-state index in [-0.39, 0.29) is 30.1 Å². The van der Waals surface area contributed by atoms with E-state index in [1.165, 1.54) is 37.5 Å². The number of hydrogen-bond acceptors (Lipinski definition) is 3. The van der Waals surface area contributed by atoms with E-state index in [9.17, 15) is 9.59 Å². The third-order valence-electron chi connectivity index (χ3n) is 5.38. The van der Waals surface area contributed by atoms with E-state index in [1.54, 1.807) is 0 Å². The van der Waals surface area contributed by atoms with E-state index < -0.39 is 0 Å². The van der Waals surface area contributed by atoms with Crippen LogP contribution in [-0.4, -0.2) is 30.4 Å². The minimum atomic E-state index is -0.317. The third-order valence-corrected chi connectivity index (χ3v) is 5.38. The second-order valence-electron chi connectivity index (χ2n) is 6.82. The average molecular weight is 315 g/mol. The normalized spacial score (nSPS) is 19.3. The van der Waals surface area contributed by atoms with Crippen LogP contribution in [0.3, 0.4) is 0 Å². The first-order chi connectivity index (χ1) is 11.1. The summed E-state index contributed by atoms with van der Waals surface area (Å²) in [6.07, 6.45) is 6.48. The van der Waals surface area contributed by atoms with Crippen molar-refractivity contribution in [2.75, 3.05) is 13.7 Å². The van der Waals surface area contributed by atoms with Gasteiger partial charge in [0.1, 0.15) is 0 Å². The van der Waals surface area contributed by atoms with Crippen LogP contribution in [0.2, 0.25) is 0 Å². The number of benzene rings is 1. The van der Waals surface area contributed by atoms with Gasteiger partial charge in [0.25, 0.3) is 0 Å². The molecular formula is C19H25NO3. The van der Waals surface area contributed by atoms with Gasteiger partial charge in [0, 0.05) is 24.9 Å². The number of carbonyl (C=O) groups excluding carboxylic acids is 2. The van der Waals surface area contributed by atoms with Crippen molar-refractivity contribution < 1.29 is 14.3 Å². The van der Waals surface area contributed by atoms with Crippen molar-refractivity contribution in [3.8, 4) is 0 Å². The Morgan fingerprint density at radius 3 is 2.61 bits per heavy atom. The minimum absolute atomic E-state index is 0.0647. The highest BCUT2D eigenvalue weighted by Gasteiger charge is 2.41. The van der Waals surface area contributed by atoms with Crippen molar-refractivity contribution in [2.24, 2.45) is 0 Å². The standard InChI is InChI=1S/C19H25NO3/c1-23-18(22)10-9-17(21)20-13-15-7-3-4-8-16(15)19(14-20)11-5-2-6-12-19/h3-4,7-8H,2,5-6,9-14H2,1H3. The van der Waals surface area contributed by atoms with Gasteiger partial charge in [-0.3, -0.25) is 9.59 Å². The summed E-state index contributed by atoms with van der Waals surface area (Å²) in [5.41, 5.74) is 2.83. The number of ether oxygens (including phenoxy) is 1. The van der Waals surface area contributed by atoms with E-state index >= 15 is 0 Å². The smallest absolute Gasteiger partial charge is 0.306 e. The summed E-state index contributed by atoms with van der Waals surface area (Å²) in [5.74, 6) is -0.252. The largest absolute Gasteiger partial charge is 0.469 e. The summed E-state index contributed by atoms with van der Waals surface area (Å²) < 4.78 is 4.64. The summed E-state index contributed by atoms with van der Waals surface area (Å²) in [6.45, 7) is 1.46. The lowest BCUT2D eigenvalue weighted by atomic mass is 9.66. The summed E-state index contributed by atoms with van der Waals surface area (Å²) >= 11 is 0. The number of rotatable bonds is 3. The fourth-order valence-corrected chi connectivity index (χ4v) is 4.19. The first-order valence-electron chi connectivity index (χ1n) is 8.58. The van der Waals surface area contributed by atoms with E-state index in [1.807, 2.05) is 4.90 Å². The Morgan fingerprint density at radius 1 is 1.13 bits per heavy atom. The van der Waals surface area contributed by atoms with Crippen LogP contribution in [0.15, 0.2) is 24.3 Å². The van der Waals surface area contributed by atoms with Crippen LogP contribution in [0.1, 0.15) is 56.1 Å². The summed E-state index contributed by atoms with van der Waals surface area (Å²) in [7, 11) is 1.36. The highest BCUT2D eigenvalue weighted by atomic mass is 16.5. The molecule has 4 heteroatoms. The maximum Gasteiger partial charge on any atom is 0.306 e. The number of fused-ring (bicyclic) bond motifs is 2. The van der Waals surface area contributed by atoms with E-state index in [2.05, 4.69) is 29.0 Å². The minimum Gasteiger partial charge on any atom is -0.469 e. The molecule has 1 aliphatic carbocycles. The Balaban J connectivity index is 1.80. The van der Waals surface area contributed by atoms with Crippen LogP contribution >= 0.6 is 0 Å². The lowest BCUT2D eigenvalue weighted by Crippen LogP contribution is -2.49. The Morgan fingerprint density at radius 2 is 1.87 bits per heavy atom. The molecule has 0 aromatic heterocycles. The summed E-state index contributed by atoms with van der Waals surface area (Å²) in [5, 5.41) is 0. The van der Waals surface area contributed by atoms with Crippen molar-refractivity contribution in [1.82, 2.24) is 4.90 Å². The lowest BCUT2D eigenvalue weighted by molar-refractivity contribution is -0.144. The zero-order chi connectivity index (χ0) is 16.3. The van der Waals surface area contributed by atoms with Crippen molar-refractivity contribution >= 4 is 11.9 Å². The molecule has 1 fully saturated rings. The molecule has 0 N–H and O–H groups in total. The zero-order valence-electron chi connectivity index (χ0n) is 13.8. The molecule has 1 aliphatic heterocycles. The van der Waals surface area contributed by atoms with Gasteiger partial charge in [-0.1, -0.05) is 43.5 Å². The molecule has 1 aromatic carbocycles. The second kappa shape index (κ2) is 6.73. The molecule has 2 aliphatic rings. The summed E-state index contributed by atoms with van der Waals surface area (Å²) in [6, 6.07) is 8.56. The molecule has 0 bridgehead atoms. The first kappa shape index (κ1) is 16.0. The van der Waals surface area contributed by atoms with Crippen LogP contribution in [0.4, 0.5) is 0 Å². The molecule has 0 atom stereocenters. The van der Waals surface area contributed by atoms with E-state index in [0.717, 1.165) is 19.4 Å². The van der Waals surface area contributed by atoms with Gasteiger partial charge >= 0.3 is 5.97 Å². The van der Waals surface area contributed by atoms with E-state index in [0.29, 0.717) is 6.54 Å². The molecule has 3 rings (SSSR count). The third kappa shape index (κ3) is 3.26. The molecule has 0 radical (unpaired) electrons. The van der Waals surface area contributed by atoms with Crippen LogP contribution in [0, 0.1) is 0 Å². The van der Waals surface area contributed by atoms with Crippen molar-refractivity contribution in [3.63, 3.8) is 0 Å². The Kier molecular flexibility index (Phi) is 4.69. The molecule has 1 spiro atoms. The Hall–Kier alpha value is -1.84. The average Bonchev–Trinajstić information content (AvgIpc) is 2.60. The Bertz CT molecular complexity index is 590. The van der Waals surface area contributed by atoms with Crippen LogP contribution in [0.5, 0.6) is 0 Å². The van der Waals surface area contributed by atoms with Crippen molar-refractivity contribution in [1.29, 1.82) is 0 Å². The van der Waals surface area contributed by atoms with Gasteiger partial charge in [0.2, 0.25) is 5.91 Å². The lowest BCUT2D eigenvalue weighted by Gasteiger charge is -2.46. The maximum atomic E-state index is 12.6. The summed E-state index contributed by atoms with van der Waals surface area (Å²) in [4.78, 5) is 25.8. The predicted molar refractivity (Wildman–Crippen MR) is 87.9 cm³/mol. The van der Waals surface area contributed by atoms with Crippen LogP contribution in [0.25, 0.3) is 0 Å². The van der Waals surface area contributed by atoms with Crippen molar-refractivity contribution in [2.45, 2.75) is 56.9 Å². The monoisotopic (exact) mass is 315 g/mol. The topological polar surface area (TPSA) is 46.6 Å². The highest BCUT2D eigenvalue weighted by Crippen LogP contribution is 2.44. The number of nitrogens with zero attached hydrogens (tertiary/aromatic N) is 1. The van der Waals surface area contributed by atoms with E-state index in [4.69, 9.17) is 0 Å². The number of methoxy groups -OCH3 is 1. The predicted octanol–water partition coefficient (Wildman–Crippen LogP) is 3.18. The molecule has 1 amide bonds. The first-order valence-corrected chi connectivity index (χ1v) is 8.58. The number of carbonyl (C=O) groups is 2. The van der Waals surface area contributed by atoms with Gasteiger partial charge in [-0.25, -0.2) is 0 Å². The zero-order valence-corrected chi connectivity index (χ0v) is 13.8. The van der Waals surface area contributed by atoms with Gasteiger partial charge in [-0.05, 0) is 24.0 Å². The SMILES string of the molecule is COC(=O)CCC(=O)N1Cc2ccccc2C2(CCCCC2)C1. The van der Waals surface area contributed by atoms with Gasteiger partial charge in [0.05, 0.1) is 13.5 Å². The number of hydrogen-bond donors (Lipinski definition) is 0. The molecular weight excluding hydrogens is 290 g/mol. The quantitative estimate of drug-likeness (QED) is 0.805. The molecule has 0 saturated heterocycles. The Labute approximate surface area is 137 Å². The van der Waals surface area contributed by atoms with Gasteiger partial charge in [-0.2, -0.15) is 0 Å². The van der Waals surface area contributed by atoms with Gasteiger partial charge in [-0.15, -0.1) is 0 Å². The van der Waals surface area contributed by atoms with Crippen LogP contribution < -0.4 is 0 Å². The maximum absolute atomic E-state index is 12.6. The number of amides is 1. The second-order valence-corrected chi connectivity index (χ2v) is 6.82. The fraction of sp³-hybridized carbons (Fsp3) is 0.579. The molecule has 1 aromatic rings. The molecule has 23 heavy (non-hydrogen) atoms. The molecule has 1 heterocycles. The molecule has 1 saturated carbocycles. The van der Waals surface area contributed by atoms with Gasteiger partial charge in [0.15, 0.2) is 0 Å². The fourth-order valence-electron chi connectivity index (χ4n) is 4.19.